The van der Waals surface area contributed by atoms with Gasteiger partial charge in [-0.2, -0.15) is 13.2 Å². The van der Waals surface area contributed by atoms with E-state index in [-0.39, 0.29) is 16.3 Å². The predicted molar refractivity (Wildman–Crippen MR) is 100 cm³/mol. The number of carbonyl (C=O) groups excluding carboxylic acids is 2. The molecule has 0 aliphatic carbocycles. The van der Waals surface area contributed by atoms with E-state index in [9.17, 15) is 31.5 Å². The zero-order valence-corrected chi connectivity index (χ0v) is 16.5. The summed E-state index contributed by atoms with van der Waals surface area (Å²) in [6, 6.07) is 5.12. The molecular weight excluding hydrogens is 447 g/mol. The number of pyridine rings is 1. The number of aromatic nitrogens is 1. The Morgan fingerprint density at radius 1 is 1.32 bits per heavy atom. The number of alkyl halides is 4. The number of nitrogens with zero attached hydrogens (tertiary/aromatic N) is 2. The van der Waals surface area contributed by atoms with Crippen molar-refractivity contribution in [2.75, 3.05) is 19.8 Å². The lowest BCUT2D eigenvalue weighted by molar-refractivity contribution is -0.141. The van der Waals surface area contributed by atoms with Gasteiger partial charge in [-0.25, -0.2) is 18.6 Å². The first-order chi connectivity index (χ1) is 14.5. The molecule has 1 aromatic carbocycles. The summed E-state index contributed by atoms with van der Waals surface area (Å²) < 4.78 is 68.2. The number of piperazine rings is 1. The van der Waals surface area contributed by atoms with E-state index in [0.717, 1.165) is 29.2 Å². The molecule has 3 amide bonds. The fourth-order valence-electron chi connectivity index (χ4n) is 3.67. The van der Waals surface area contributed by atoms with Crippen molar-refractivity contribution in [1.29, 1.82) is 0 Å². The van der Waals surface area contributed by atoms with Crippen molar-refractivity contribution in [3.8, 4) is 0 Å². The van der Waals surface area contributed by atoms with Gasteiger partial charge >= 0.3 is 12.2 Å². The molecule has 166 valence electrons. The van der Waals surface area contributed by atoms with E-state index in [0.29, 0.717) is 0 Å². The number of benzene rings is 1. The topological polar surface area (TPSA) is 88.3 Å². The second-order valence-electron chi connectivity index (χ2n) is 6.99. The summed E-state index contributed by atoms with van der Waals surface area (Å²) in [4.78, 5) is 28.3. The molecule has 2 aromatic rings. The molecule has 3 rings (SSSR count). The van der Waals surface area contributed by atoms with Crippen molar-refractivity contribution >= 4 is 23.5 Å². The Balaban J connectivity index is 2.28. The van der Waals surface area contributed by atoms with E-state index in [2.05, 4.69) is 10.3 Å². The van der Waals surface area contributed by atoms with Crippen molar-refractivity contribution in [1.82, 2.24) is 15.2 Å². The fourth-order valence-corrected chi connectivity index (χ4v) is 3.86. The molecular formula is C19H16ClF5N4O2. The van der Waals surface area contributed by atoms with Gasteiger partial charge in [-0.15, -0.1) is 0 Å². The summed E-state index contributed by atoms with van der Waals surface area (Å²) in [7, 11) is 0. The van der Waals surface area contributed by atoms with Crippen LogP contribution in [-0.2, 0) is 11.0 Å². The quantitative estimate of drug-likeness (QED) is 0.684. The number of amides is 3. The second-order valence-corrected chi connectivity index (χ2v) is 7.40. The van der Waals surface area contributed by atoms with E-state index in [1.807, 2.05) is 0 Å². The molecule has 1 aliphatic heterocycles. The highest BCUT2D eigenvalue weighted by Gasteiger charge is 2.51. The van der Waals surface area contributed by atoms with E-state index in [4.69, 9.17) is 17.3 Å². The molecule has 0 bridgehead atoms. The minimum absolute atomic E-state index is 0.0817. The highest BCUT2D eigenvalue weighted by molar-refractivity contribution is 6.30. The van der Waals surface area contributed by atoms with Crippen molar-refractivity contribution in [3.05, 3.63) is 64.2 Å². The Morgan fingerprint density at radius 3 is 2.61 bits per heavy atom. The first kappa shape index (κ1) is 22.7. The van der Waals surface area contributed by atoms with Crippen LogP contribution in [0.3, 0.4) is 0 Å². The fraction of sp³-hybridized carbons (Fsp3) is 0.316. The van der Waals surface area contributed by atoms with Gasteiger partial charge in [-0.1, -0.05) is 23.7 Å². The summed E-state index contributed by atoms with van der Waals surface area (Å²) in [5.74, 6) is -2.80. The van der Waals surface area contributed by atoms with Gasteiger partial charge in [0, 0.05) is 6.54 Å². The number of carbonyl (C=O) groups is 2. The molecule has 1 fully saturated rings. The van der Waals surface area contributed by atoms with Crippen LogP contribution in [0.15, 0.2) is 36.4 Å². The van der Waals surface area contributed by atoms with Crippen molar-refractivity contribution in [2.45, 2.75) is 17.6 Å². The minimum atomic E-state index is -4.80. The maximum Gasteiger partial charge on any atom is 0.433 e. The van der Waals surface area contributed by atoms with Crippen LogP contribution in [0.2, 0.25) is 5.02 Å². The summed E-state index contributed by atoms with van der Waals surface area (Å²) >= 11 is 5.85. The Hall–Kier alpha value is -2.95. The Bertz CT molecular complexity index is 1020. The number of urea groups is 1. The number of rotatable bonds is 4. The maximum atomic E-state index is 14.6. The van der Waals surface area contributed by atoms with Crippen LogP contribution in [0.25, 0.3) is 0 Å². The molecule has 2 atom stereocenters. The number of nitrogens with two attached hydrogens (primary N) is 1. The number of primary amides is 1. The van der Waals surface area contributed by atoms with E-state index < -0.39 is 60.8 Å². The van der Waals surface area contributed by atoms with Crippen LogP contribution in [0.1, 0.15) is 22.9 Å². The highest BCUT2D eigenvalue weighted by atomic mass is 35.5. The zero-order valence-electron chi connectivity index (χ0n) is 15.7. The van der Waals surface area contributed by atoms with Crippen LogP contribution < -0.4 is 11.1 Å². The molecule has 0 spiro atoms. The largest absolute Gasteiger partial charge is 0.433 e. The third-order valence-electron chi connectivity index (χ3n) is 5.10. The van der Waals surface area contributed by atoms with E-state index in [1.54, 1.807) is 0 Å². The van der Waals surface area contributed by atoms with Crippen LogP contribution in [0, 0.1) is 5.82 Å². The number of nitrogens with one attached hydrogen (secondary N) is 1. The van der Waals surface area contributed by atoms with Crippen LogP contribution >= 0.6 is 11.6 Å². The van der Waals surface area contributed by atoms with Crippen LogP contribution in [-0.4, -0.2) is 47.1 Å². The molecule has 1 aliphatic rings. The molecule has 0 radical (unpaired) electrons. The Kier molecular flexibility index (Phi) is 6.08. The highest BCUT2D eigenvalue weighted by Crippen LogP contribution is 2.41. The molecule has 12 heteroatoms. The third kappa shape index (κ3) is 4.27. The van der Waals surface area contributed by atoms with Gasteiger partial charge in [0.25, 0.3) is 0 Å². The van der Waals surface area contributed by atoms with Gasteiger partial charge in [-0.05, 0) is 29.8 Å². The average molecular weight is 463 g/mol. The van der Waals surface area contributed by atoms with Crippen molar-refractivity contribution in [2.24, 2.45) is 5.73 Å². The first-order valence-corrected chi connectivity index (χ1v) is 9.26. The Morgan fingerprint density at radius 2 is 2.03 bits per heavy atom. The lowest BCUT2D eigenvalue weighted by Gasteiger charge is -2.48. The molecule has 3 N–H and O–H groups in total. The van der Waals surface area contributed by atoms with Crippen LogP contribution in [0.5, 0.6) is 0 Å². The molecule has 6 nitrogen and oxygen atoms in total. The van der Waals surface area contributed by atoms with Gasteiger partial charge in [0.05, 0.1) is 16.6 Å². The third-order valence-corrected chi connectivity index (χ3v) is 5.39. The van der Waals surface area contributed by atoms with Gasteiger partial charge in [0.1, 0.15) is 30.3 Å². The maximum absolute atomic E-state index is 14.6. The molecule has 0 saturated carbocycles. The summed E-state index contributed by atoms with van der Waals surface area (Å²) in [5.41, 5.74) is 2.02. The molecule has 31 heavy (non-hydrogen) atoms. The molecule has 2 heterocycles. The van der Waals surface area contributed by atoms with Gasteiger partial charge in [0.15, 0.2) is 0 Å². The van der Waals surface area contributed by atoms with E-state index in [1.165, 1.54) is 12.1 Å². The minimum Gasteiger partial charge on any atom is -0.352 e. The molecule has 1 unspecified atom stereocenters. The SMILES string of the molecule is NC(=O)N1CC(=O)NCC1(CF)[C@H](c1ccc(F)c(Cl)c1)c1cccc(C(F)(F)F)n1. The standard InChI is InChI=1S/C19H16ClF5N4O2/c20-11-6-10(4-5-12(11)22)16(13-2-1-3-14(28-13)19(23,24)25)18(8-21)9-27-15(30)7-29(18)17(26)31/h1-6,16H,7-9H2,(H2,26,31)(H,27,30)/t16-,18?/m1/s1. The van der Waals surface area contributed by atoms with Gasteiger partial charge in [0.2, 0.25) is 5.91 Å². The monoisotopic (exact) mass is 462 g/mol. The predicted octanol–water partition coefficient (Wildman–Crippen LogP) is 3.24. The number of hydrogen-bond acceptors (Lipinski definition) is 3. The Labute approximate surface area is 178 Å². The van der Waals surface area contributed by atoms with Crippen molar-refractivity contribution < 1.29 is 31.5 Å². The van der Waals surface area contributed by atoms with Gasteiger partial charge < -0.3 is 16.0 Å². The summed E-state index contributed by atoms with van der Waals surface area (Å²) in [6.45, 7) is -2.39. The summed E-state index contributed by atoms with van der Waals surface area (Å²) in [6.07, 6.45) is -4.80. The lowest BCUT2D eigenvalue weighted by Crippen LogP contribution is -2.69. The van der Waals surface area contributed by atoms with E-state index >= 15 is 0 Å². The molecule has 1 aromatic heterocycles. The number of halogens is 6. The summed E-state index contributed by atoms with van der Waals surface area (Å²) in [5, 5.41) is 2.05. The lowest BCUT2D eigenvalue weighted by atomic mass is 9.75. The molecule has 1 saturated heterocycles. The van der Waals surface area contributed by atoms with Gasteiger partial charge in [-0.3, -0.25) is 4.79 Å². The zero-order chi connectivity index (χ0) is 23.0. The van der Waals surface area contributed by atoms with Crippen molar-refractivity contribution in [3.63, 3.8) is 0 Å². The number of hydrogen-bond donors (Lipinski definition) is 2. The normalized spacial score (nSPS) is 20.3. The van der Waals surface area contributed by atoms with Crippen LogP contribution in [0.4, 0.5) is 26.7 Å². The smallest absolute Gasteiger partial charge is 0.352 e. The second kappa shape index (κ2) is 8.29. The first-order valence-electron chi connectivity index (χ1n) is 8.88. The average Bonchev–Trinajstić information content (AvgIpc) is 2.71.